The van der Waals surface area contributed by atoms with Crippen LogP contribution in [-0.2, 0) is 0 Å². The molecule has 6 nitrogen and oxygen atoms in total. The molecule has 2 aromatic rings. The highest BCUT2D eigenvalue weighted by atomic mass is 16.1. The number of nitriles is 1. The number of benzene rings is 1. The Bertz CT molecular complexity index is 705. The van der Waals surface area contributed by atoms with Crippen LogP contribution in [0.1, 0.15) is 16.1 Å². The molecule has 0 saturated carbocycles. The van der Waals surface area contributed by atoms with Crippen LogP contribution >= 0.6 is 0 Å². The van der Waals surface area contributed by atoms with Gasteiger partial charge >= 0.3 is 0 Å². The Morgan fingerprint density at radius 3 is 3.00 bits per heavy atom. The molecule has 6 heteroatoms. The largest absolute Gasteiger partial charge is 0.366 e. The predicted octanol–water partition coefficient (Wildman–Crippen LogP) is 2.20. The fourth-order valence-corrected chi connectivity index (χ4v) is 1.62. The number of hydrogen-bond acceptors (Lipinski definition) is 5. The molecule has 1 aromatic heterocycles. The van der Waals surface area contributed by atoms with Gasteiger partial charge in [-0.2, -0.15) is 5.26 Å². The van der Waals surface area contributed by atoms with Crippen molar-refractivity contribution in [2.24, 2.45) is 0 Å². The molecular formula is C15H13N5O. The van der Waals surface area contributed by atoms with Crippen molar-refractivity contribution >= 4 is 17.4 Å². The van der Waals surface area contributed by atoms with Gasteiger partial charge in [0.25, 0.3) is 5.91 Å². The summed E-state index contributed by atoms with van der Waals surface area (Å²) < 4.78 is 0. The van der Waals surface area contributed by atoms with E-state index in [-0.39, 0.29) is 11.6 Å². The molecule has 0 aliphatic carbocycles. The lowest BCUT2D eigenvalue weighted by atomic mass is 10.2. The van der Waals surface area contributed by atoms with Crippen LogP contribution in [0.5, 0.6) is 0 Å². The molecule has 2 rings (SSSR count). The minimum absolute atomic E-state index is 0.235. The summed E-state index contributed by atoms with van der Waals surface area (Å²) in [5.41, 5.74) is 1.25. The average molecular weight is 279 g/mol. The molecule has 0 aliphatic heterocycles. The number of rotatable bonds is 5. The summed E-state index contributed by atoms with van der Waals surface area (Å²) >= 11 is 0. The van der Waals surface area contributed by atoms with E-state index in [1.807, 2.05) is 6.07 Å². The highest BCUT2D eigenvalue weighted by Crippen LogP contribution is 2.12. The van der Waals surface area contributed by atoms with E-state index in [2.05, 4.69) is 27.2 Å². The van der Waals surface area contributed by atoms with E-state index < -0.39 is 0 Å². The van der Waals surface area contributed by atoms with E-state index in [4.69, 9.17) is 5.26 Å². The molecule has 0 saturated heterocycles. The highest BCUT2D eigenvalue weighted by molar-refractivity contribution is 6.03. The van der Waals surface area contributed by atoms with Gasteiger partial charge in [0, 0.05) is 18.3 Å². The van der Waals surface area contributed by atoms with Gasteiger partial charge in [-0.15, -0.1) is 6.58 Å². The first-order valence-electron chi connectivity index (χ1n) is 6.21. The molecule has 1 heterocycles. The molecule has 0 radical (unpaired) electrons. The molecule has 0 aliphatic rings. The lowest BCUT2D eigenvalue weighted by Gasteiger charge is -2.06. The van der Waals surface area contributed by atoms with E-state index in [0.29, 0.717) is 23.6 Å². The topological polar surface area (TPSA) is 90.7 Å². The fourth-order valence-electron chi connectivity index (χ4n) is 1.62. The quantitative estimate of drug-likeness (QED) is 0.819. The number of nitrogens with zero attached hydrogens (tertiary/aromatic N) is 3. The van der Waals surface area contributed by atoms with Crippen LogP contribution in [0.4, 0.5) is 11.5 Å². The Kier molecular flexibility index (Phi) is 4.62. The Morgan fingerprint density at radius 2 is 2.24 bits per heavy atom. The van der Waals surface area contributed by atoms with Crippen molar-refractivity contribution in [1.82, 2.24) is 9.97 Å². The summed E-state index contributed by atoms with van der Waals surface area (Å²) in [5.74, 6) is 0.176. The Hall–Kier alpha value is -3.20. The van der Waals surface area contributed by atoms with E-state index >= 15 is 0 Å². The lowest BCUT2D eigenvalue weighted by Crippen LogP contribution is -2.14. The van der Waals surface area contributed by atoms with Crippen LogP contribution in [0, 0.1) is 11.3 Å². The fraction of sp³-hybridized carbons (Fsp3) is 0.0667. The van der Waals surface area contributed by atoms with Crippen molar-refractivity contribution in [3.63, 3.8) is 0 Å². The van der Waals surface area contributed by atoms with Crippen molar-refractivity contribution in [2.45, 2.75) is 0 Å². The third-order valence-corrected chi connectivity index (χ3v) is 2.58. The van der Waals surface area contributed by atoms with Crippen molar-refractivity contribution in [3.05, 3.63) is 60.6 Å². The summed E-state index contributed by atoms with van der Waals surface area (Å²) in [6.07, 6.45) is 3.00. The number of carbonyl (C=O) groups excluding carboxylic acids is 1. The van der Waals surface area contributed by atoms with Crippen molar-refractivity contribution in [1.29, 1.82) is 5.26 Å². The van der Waals surface area contributed by atoms with Crippen LogP contribution in [0.3, 0.4) is 0 Å². The molecule has 0 spiro atoms. The Labute approximate surface area is 122 Å². The minimum Gasteiger partial charge on any atom is -0.366 e. The number of nitrogens with one attached hydrogen (secondary N) is 2. The lowest BCUT2D eigenvalue weighted by molar-refractivity contribution is 0.102. The molecule has 1 amide bonds. The van der Waals surface area contributed by atoms with Gasteiger partial charge in [0.2, 0.25) is 0 Å². The maximum absolute atomic E-state index is 12.1. The van der Waals surface area contributed by atoms with Crippen LogP contribution in [0.15, 0.2) is 49.3 Å². The first kappa shape index (κ1) is 14.2. The van der Waals surface area contributed by atoms with Crippen LogP contribution in [0.25, 0.3) is 0 Å². The normalized spacial score (nSPS) is 9.48. The Morgan fingerprint density at radius 1 is 1.38 bits per heavy atom. The molecular weight excluding hydrogens is 266 g/mol. The SMILES string of the molecule is C=CCNc1cc(C(=O)Nc2cccc(C#N)c2)ncn1. The third-order valence-electron chi connectivity index (χ3n) is 2.58. The van der Waals surface area contributed by atoms with Crippen LogP contribution < -0.4 is 10.6 Å². The summed E-state index contributed by atoms with van der Waals surface area (Å²) in [6.45, 7) is 4.14. The second-order valence-electron chi connectivity index (χ2n) is 4.10. The zero-order valence-corrected chi connectivity index (χ0v) is 11.2. The second-order valence-corrected chi connectivity index (χ2v) is 4.10. The number of carbonyl (C=O) groups is 1. The van der Waals surface area contributed by atoms with E-state index in [1.165, 1.54) is 6.33 Å². The number of aromatic nitrogens is 2. The van der Waals surface area contributed by atoms with Crippen LogP contribution in [-0.4, -0.2) is 22.4 Å². The monoisotopic (exact) mass is 279 g/mol. The molecule has 1 aromatic carbocycles. The van der Waals surface area contributed by atoms with E-state index in [9.17, 15) is 4.79 Å². The average Bonchev–Trinajstić information content (AvgIpc) is 2.53. The van der Waals surface area contributed by atoms with Gasteiger partial charge in [0.05, 0.1) is 11.6 Å². The highest BCUT2D eigenvalue weighted by Gasteiger charge is 2.09. The molecule has 2 N–H and O–H groups in total. The predicted molar refractivity (Wildman–Crippen MR) is 79.8 cm³/mol. The summed E-state index contributed by atoms with van der Waals surface area (Å²) in [6, 6.07) is 10.2. The minimum atomic E-state index is -0.367. The number of hydrogen-bond donors (Lipinski definition) is 2. The van der Waals surface area contributed by atoms with Crippen molar-refractivity contribution in [2.75, 3.05) is 17.2 Å². The first-order valence-corrected chi connectivity index (χ1v) is 6.21. The van der Waals surface area contributed by atoms with Gasteiger partial charge in [0.1, 0.15) is 17.8 Å². The second kappa shape index (κ2) is 6.82. The van der Waals surface area contributed by atoms with E-state index in [1.54, 1.807) is 36.4 Å². The van der Waals surface area contributed by atoms with Gasteiger partial charge in [-0.25, -0.2) is 9.97 Å². The van der Waals surface area contributed by atoms with Crippen LogP contribution in [0.2, 0.25) is 0 Å². The Balaban J connectivity index is 2.12. The van der Waals surface area contributed by atoms with Gasteiger partial charge < -0.3 is 10.6 Å². The molecule has 0 unspecified atom stereocenters. The summed E-state index contributed by atoms with van der Waals surface area (Å²) in [4.78, 5) is 20.0. The standard InChI is InChI=1S/C15H13N5O/c1-2-6-17-14-8-13(18-10-19-14)15(21)20-12-5-3-4-11(7-12)9-16/h2-5,7-8,10H,1,6H2,(H,20,21)(H,17,18,19). The van der Waals surface area contributed by atoms with Gasteiger partial charge in [-0.1, -0.05) is 12.1 Å². The molecule has 0 atom stereocenters. The van der Waals surface area contributed by atoms with Gasteiger partial charge in [-0.05, 0) is 18.2 Å². The number of anilines is 2. The molecule has 104 valence electrons. The van der Waals surface area contributed by atoms with Crippen molar-refractivity contribution in [3.8, 4) is 6.07 Å². The molecule has 0 bridgehead atoms. The van der Waals surface area contributed by atoms with Gasteiger partial charge in [0.15, 0.2) is 0 Å². The first-order chi connectivity index (χ1) is 10.2. The summed E-state index contributed by atoms with van der Waals surface area (Å²) in [5, 5.41) is 14.5. The molecule has 0 fully saturated rings. The maximum Gasteiger partial charge on any atom is 0.274 e. The van der Waals surface area contributed by atoms with E-state index in [0.717, 1.165) is 0 Å². The van der Waals surface area contributed by atoms with Gasteiger partial charge in [-0.3, -0.25) is 4.79 Å². The van der Waals surface area contributed by atoms with Crippen molar-refractivity contribution < 1.29 is 4.79 Å². The number of amides is 1. The zero-order chi connectivity index (χ0) is 15.1. The molecule has 21 heavy (non-hydrogen) atoms. The third kappa shape index (κ3) is 3.88. The maximum atomic E-state index is 12.1. The zero-order valence-electron chi connectivity index (χ0n) is 11.2. The smallest absolute Gasteiger partial charge is 0.274 e. The summed E-state index contributed by atoms with van der Waals surface area (Å²) in [7, 11) is 0.